The number of unbranched alkanes of at least 4 members (excludes halogenated alkanes) is 1. The highest BCUT2D eigenvalue weighted by Crippen LogP contribution is 2.20. The average Bonchev–Trinajstić information content (AvgIpc) is 2.84. The molecule has 0 spiro atoms. The molecule has 0 radical (unpaired) electrons. The molecule has 1 aromatic rings. The van der Waals surface area contributed by atoms with Gasteiger partial charge in [0.15, 0.2) is 0 Å². The maximum absolute atomic E-state index is 12.0. The lowest BCUT2D eigenvalue weighted by atomic mass is 10.1. The number of β-amino-alcohol motifs (C(OH)–C–C–N with tert-alkyl or cyclic N) is 1. The minimum atomic E-state index is -3.25. The Kier molecular flexibility index (Phi) is 6.59. The van der Waals surface area contributed by atoms with E-state index in [1.807, 2.05) is 6.07 Å². The molecule has 1 aliphatic heterocycles. The standard InChI is InChI=1S/C17H28N2O3S/c1-18(2)23(21,22)14-16-12-19(13-17(16)20)11-7-6-10-15-8-4-3-5-9-15/h3-5,8-9,16-17,20H,6-7,10-14H2,1-2H3/t16-,17-/m0/s1. The van der Waals surface area contributed by atoms with Crippen LogP contribution in [0.25, 0.3) is 0 Å². The van der Waals surface area contributed by atoms with E-state index in [0.717, 1.165) is 25.8 Å². The quantitative estimate of drug-likeness (QED) is 0.722. The normalized spacial score (nSPS) is 22.8. The van der Waals surface area contributed by atoms with Gasteiger partial charge >= 0.3 is 0 Å². The first-order valence-corrected chi connectivity index (χ1v) is 9.84. The smallest absolute Gasteiger partial charge is 0.214 e. The van der Waals surface area contributed by atoms with Crippen LogP contribution < -0.4 is 0 Å². The summed E-state index contributed by atoms with van der Waals surface area (Å²) in [6, 6.07) is 10.4. The van der Waals surface area contributed by atoms with E-state index < -0.39 is 16.1 Å². The summed E-state index contributed by atoms with van der Waals surface area (Å²) in [7, 11) is -0.173. The lowest BCUT2D eigenvalue weighted by molar-refractivity contribution is 0.148. The van der Waals surface area contributed by atoms with Crippen LogP contribution in [0.4, 0.5) is 0 Å². The van der Waals surface area contributed by atoms with E-state index in [2.05, 4.69) is 29.2 Å². The van der Waals surface area contributed by atoms with E-state index in [-0.39, 0.29) is 11.7 Å². The van der Waals surface area contributed by atoms with E-state index in [4.69, 9.17) is 0 Å². The molecule has 0 bridgehead atoms. The minimum absolute atomic E-state index is 0.0294. The third-order valence-corrected chi connectivity index (χ3v) is 6.46. The minimum Gasteiger partial charge on any atom is -0.391 e. The summed E-state index contributed by atoms with van der Waals surface area (Å²) in [6.07, 6.45) is 2.70. The number of aryl methyl sites for hydroxylation is 1. The number of aliphatic hydroxyl groups is 1. The predicted octanol–water partition coefficient (Wildman–Crippen LogP) is 1.19. The third-order valence-electron chi connectivity index (χ3n) is 4.50. The Balaban J connectivity index is 1.72. The molecule has 130 valence electrons. The van der Waals surface area contributed by atoms with Gasteiger partial charge in [-0.1, -0.05) is 30.3 Å². The number of likely N-dealkylation sites (tertiary alicyclic amines) is 1. The van der Waals surface area contributed by atoms with Crippen LogP contribution >= 0.6 is 0 Å². The summed E-state index contributed by atoms with van der Waals surface area (Å²) in [5.74, 6) is -0.154. The van der Waals surface area contributed by atoms with Gasteiger partial charge in [0, 0.05) is 33.1 Å². The highest BCUT2D eigenvalue weighted by molar-refractivity contribution is 7.89. The van der Waals surface area contributed by atoms with Gasteiger partial charge in [-0.15, -0.1) is 0 Å². The van der Waals surface area contributed by atoms with Gasteiger partial charge in [-0.3, -0.25) is 0 Å². The molecule has 0 saturated carbocycles. The van der Waals surface area contributed by atoms with Gasteiger partial charge in [0.1, 0.15) is 0 Å². The largest absolute Gasteiger partial charge is 0.391 e. The topological polar surface area (TPSA) is 60.9 Å². The maximum Gasteiger partial charge on any atom is 0.214 e. The number of benzene rings is 1. The highest BCUT2D eigenvalue weighted by Gasteiger charge is 2.34. The Morgan fingerprint density at radius 2 is 1.87 bits per heavy atom. The Labute approximate surface area is 140 Å². The Bertz CT molecular complexity index is 575. The molecule has 5 nitrogen and oxygen atoms in total. The van der Waals surface area contributed by atoms with Crippen LogP contribution in [0.3, 0.4) is 0 Å². The van der Waals surface area contributed by atoms with E-state index in [0.29, 0.717) is 13.1 Å². The van der Waals surface area contributed by atoms with Gasteiger partial charge in [0.25, 0.3) is 0 Å². The molecule has 0 aromatic heterocycles. The highest BCUT2D eigenvalue weighted by atomic mass is 32.2. The molecule has 1 aromatic carbocycles. The third kappa shape index (κ3) is 5.57. The summed E-state index contributed by atoms with van der Waals surface area (Å²) in [5.41, 5.74) is 1.35. The van der Waals surface area contributed by atoms with Gasteiger partial charge in [-0.25, -0.2) is 12.7 Å². The Hall–Kier alpha value is -0.950. The molecule has 1 N–H and O–H groups in total. The fourth-order valence-corrected chi connectivity index (χ4v) is 4.18. The SMILES string of the molecule is CN(C)S(=O)(=O)C[C@@H]1CN(CCCCc2ccccc2)C[C@@H]1O. The Morgan fingerprint density at radius 3 is 2.52 bits per heavy atom. The van der Waals surface area contributed by atoms with Gasteiger partial charge in [0.2, 0.25) is 10.0 Å². The predicted molar refractivity (Wildman–Crippen MR) is 92.8 cm³/mol. The molecule has 23 heavy (non-hydrogen) atoms. The maximum atomic E-state index is 12.0. The zero-order valence-electron chi connectivity index (χ0n) is 14.1. The number of aliphatic hydroxyl groups excluding tert-OH is 1. The second kappa shape index (κ2) is 8.24. The number of hydrogen-bond acceptors (Lipinski definition) is 4. The van der Waals surface area contributed by atoms with Crippen molar-refractivity contribution in [2.45, 2.75) is 25.4 Å². The molecule has 1 aliphatic rings. The van der Waals surface area contributed by atoms with Crippen LogP contribution in [-0.4, -0.2) is 68.3 Å². The van der Waals surface area contributed by atoms with E-state index in [1.54, 1.807) is 0 Å². The molecule has 1 heterocycles. The molecular weight excluding hydrogens is 312 g/mol. The van der Waals surface area contributed by atoms with Gasteiger partial charge in [0.05, 0.1) is 11.9 Å². The first-order chi connectivity index (χ1) is 10.9. The van der Waals surface area contributed by atoms with Crippen LogP contribution in [0.2, 0.25) is 0 Å². The number of hydrogen-bond donors (Lipinski definition) is 1. The summed E-state index contributed by atoms with van der Waals surface area (Å²) in [6.45, 7) is 2.17. The van der Waals surface area contributed by atoms with Crippen molar-refractivity contribution in [3.05, 3.63) is 35.9 Å². The Morgan fingerprint density at radius 1 is 1.17 bits per heavy atom. The fourth-order valence-electron chi connectivity index (χ4n) is 3.02. The van der Waals surface area contributed by atoms with E-state index >= 15 is 0 Å². The van der Waals surface area contributed by atoms with E-state index in [9.17, 15) is 13.5 Å². The van der Waals surface area contributed by atoms with Crippen LogP contribution in [0.5, 0.6) is 0 Å². The molecule has 6 heteroatoms. The summed E-state index contributed by atoms with van der Waals surface area (Å²) in [4.78, 5) is 2.19. The zero-order valence-corrected chi connectivity index (χ0v) is 14.9. The average molecular weight is 340 g/mol. The molecule has 0 unspecified atom stereocenters. The molecule has 0 amide bonds. The van der Waals surface area contributed by atoms with Crippen molar-refractivity contribution >= 4 is 10.0 Å². The summed E-state index contributed by atoms with van der Waals surface area (Å²) >= 11 is 0. The number of rotatable bonds is 8. The summed E-state index contributed by atoms with van der Waals surface area (Å²) < 4.78 is 25.1. The zero-order chi connectivity index (χ0) is 16.9. The van der Waals surface area contributed by atoms with Crippen molar-refractivity contribution in [1.29, 1.82) is 0 Å². The van der Waals surface area contributed by atoms with Gasteiger partial charge in [-0.05, 0) is 31.4 Å². The van der Waals surface area contributed by atoms with Crippen molar-refractivity contribution in [2.24, 2.45) is 5.92 Å². The molecular formula is C17H28N2O3S. The molecule has 1 fully saturated rings. The first kappa shape index (κ1) is 18.4. The first-order valence-electron chi connectivity index (χ1n) is 8.23. The van der Waals surface area contributed by atoms with Crippen molar-refractivity contribution < 1.29 is 13.5 Å². The van der Waals surface area contributed by atoms with Crippen molar-refractivity contribution in [3.8, 4) is 0 Å². The van der Waals surface area contributed by atoms with Crippen LogP contribution in [-0.2, 0) is 16.4 Å². The molecule has 1 saturated heterocycles. The second-order valence-corrected chi connectivity index (χ2v) is 8.82. The van der Waals surface area contributed by atoms with E-state index in [1.165, 1.54) is 24.0 Å². The van der Waals surface area contributed by atoms with Crippen molar-refractivity contribution in [2.75, 3.05) is 39.5 Å². The molecule has 2 atom stereocenters. The van der Waals surface area contributed by atoms with Gasteiger partial charge < -0.3 is 10.0 Å². The monoisotopic (exact) mass is 340 g/mol. The second-order valence-electron chi connectivity index (χ2n) is 6.59. The van der Waals surface area contributed by atoms with Crippen LogP contribution in [0.15, 0.2) is 30.3 Å². The lowest BCUT2D eigenvalue weighted by Gasteiger charge is -2.18. The van der Waals surface area contributed by atoms with Crippen molar-refractivity contribution in [1.82, 2.24) is 9.21 Å². The van der Waals surface area contributed by atoms with Crippen molar-refractivity contribution in [3.63, 3.8) is 0 Å². The van der Waals surface area contributed by atoms with Gasteiger partial charge in [-0.2, -0.15) is 0 Å². The lowest BCUT2D eigenvalue weighted by Crippen LogP contribution is -2.33. The molecule has 2 rings (SSSR count). The van der Waals surface area contributed by atoms with Crippen LogP contribution in [0, 0.1) is 5.92 Å². The number of nitrogens with zero attached hydrogens (tertiary/aromatic N) is 2. The summed E-state index contributed by atoms with van der Waals surface area (Å²) in [5, 5.41) is 10.1. The van der Waals surface area contributed by atoms with Crippen LogP contribution in [0.1, 0.15) is 18.4 Å². The number of sulfonamides is 1. The fraction of sp³-hybridized carbons (Fsp3) is 0.647. The molecule has 0 aliphatic carbocycles.